The molecule has 1 saturated carbocycles. The van der Waals surface area contributed by atoms with Crippen LogP contribution in [-0.4, -0.2) is 15.6 Å². The number of rotatable bonds is 4. The summed E-state index contributed by atoms with van der Waals surface area (Å²) < 4.78 is 1.41. The van der Waals surface area contributed by atoms with Crippen molar-refractivity contribution in [3.63, 3.8) is 0 Å². The molecule has 0 radical (unpaired) electrons. The molecule has 24 heavy (non-hydrogen) atoms. The van der Waals surface area contributed by atoms with E-state index in [1.165, 1.54) is 4.57 Å². The van der Waals surface area contributed by atoms with E-state index in [-0.39, 0.29) is 11.9 Å². The number of aromatic amines is 1. The summed E-state index contributed by atoms with van der Waals surface area (Å²) in [6.07, 6.45) is 4.30. The van der Waals surface area contributed by atoms with Crippen LogP contribution in [0.25, 0.3) is 0 Å². The molecule has 1 aliphatic carbocycles. The molecule has 1 aromatic carbocycles. The van der Waals surface area contributed by atoms with E-state index in [2.05, 4.69) is 17.2 Å². The van der Waals surface area contributed by atoms with Gasteiger partial charge >= 0.3 is 5.69 Å². The SMILES string of the molecule is CC1CCC(Nc2c(N)n(Cc3ccccc3)c(=O)[nH]c2=O)CC1. The van der Waals surface area contributed by atoms with Gasteiger partial charge in [-0.1, -0.05) is 37.3 Å². The van der Waals surface area contributed by atoms with Gasteiger partial charge in [-0.3, -0.25) is 14.3 Å². The molecule has 0 atom stereocenters. The zero-order valence-electron chi connectivity index (χ0n) is 13.9. The van der Waals surface area contributed by atoms with Crippen LogP contribution in [0.2, 0.25) is 0 Å². The molecule has 6 nitrogen and oxygen atoms in total. The highest BCUT2D eigenvalue weighted by molar-refractivity contribution is 5.61. The summed E-state index contributed by atoms with van der Waals surface area (Å²) in [4.78, 5) is 26.7. The van der Waals surface area contributed by atoms with Crippen LogP contribution in [0, 0.1) is 5.92 Å². The molecule has 1 heterocycles. The fourth-order valence-corrected chi connectivity index (χ4v) is 3.26. The topological polar surface area (TPSA) is 92.9 Å². The van der Waals surface area contributed by atoms with Crippen molar-refractivity contribution >= 4 is 11.5 Å². The van der Waals surface area contributed by atoms with Crippen molar-refractivity contribution in [3.05, 3.63) is 56.7 Å². The number of hydrogen-bond acceptors (Lipinski definition) is 4. The molecule has 4 N–H and O–H groups in total. The molecule has 0 aliphatic heterocycles. The first-order valence-corrected chi connectivity index (χ1v) is 8.47. The molecule has 1 aliphatic rings. The Kier molecular flexibility index (Phi) is 4.74. The molecule has 0 amide bonds. The van der Waals surface area contributed by atoms with Crippen LogP contribution in [0.15, 0.2) is 39.9 Å². The fraction of sp³-hybridized carbons (Fsp3) is 0.444. The first-order valence-electron chi connectivity index (χ1n) is 8.47. The van der Waals surface area contributed by atoms with Crippen LogP contribution in [0.3, 0.4) is 0 Å². The maximum absolute atomic E-state index is 12.2. The standard InChI is InChI=1S/C18H24N4O2/c1-12-7-9-14(10-8-12)20-15-16(19)22(18(24)21-17(15)23)11-13-5-3-2-4-6-13/h2-6,12,14,20H,7-11,19H2,1H3,(H,21,23,24). The smallest absolute Gasteiger partial charge is 0.330 e. The lowest BCUT2D eigenvalue weighted by Gasteiger charge is -2.28. The molecule has 0 spiro atoms. The Morgan fingerprint density at radius 3 is 2.50 bits per heavy atom. The number of hydrogen-bond donors (Lipinski definition) is 3. The number of nitrogens with one attached hydrogen (secondary N) is 2. The zero-order valence-corrected chi connectivity index (χ0v) is 13.9. The lowest BCUT2D eigenvalue weighted by molar-refractivity contribution is 0.361. The maximum atomic E-state index is 12.2. The van der Waals surface area contributed by atoms with Crippen molar-refractivity contribution in [2.45, 2.75) is 45.2 Å². The van der Waals surface area contributed by atoms with Crippen LogP contribution >= 0.6 is 0 Å². The summed E-state index contributed by atoms with van der Waals surface area (Å²) in [6, 6.07) is 9.81. The summed E-state index contributed by atoms with van der Waals surface area (Å²) >= 11 is 0. The van der Waals surface area contributed by atoms with Crippen molar-refractivity contribution in [1.29, 1.82) is 0 Å². The van der Waals surface area contributed by atoms with E-state index in [0.29, 0.717) is 12.2 Å². The molecular formula is C18H24N4O2. The Bertz CT molecular complexity index is 802. The number of nitrogens with two attached hydrogens (primary N) is 1. The van der Waals surface area contributed by atoms with Gasteiger partial charge < -0.3 is 11.1 Å². The van der Waals surface area contributed by atoms with E-state index in [1.54, 1.807) is 0 Å². The number of nitrogen functional groups attached to an aromatic ring is 1. The first-order chi connectivity index (χ1) is 11.5. The molecule has 0 saturated heterocycles. The number of H-pyrrole nitrogens is 1. The quantitative estimate of drug-likeness (QED) is 0.802. The van der Waals surface area contributed by atoms with E-state index in [9.17, 15) is 9.59 Å². The minimum Gasteiger partial charge on any atom is -0.383 e. The molecular weight excluding hydrogens is 304 g/mol. The second-order valence-electron chi connectivity index (χ2n) is 6.69. The number of nitrogens with zero attached hydrogens (tertiary/aromatic N) is 1. The molecule has 0 unspecified atom stereocenters. The van der Waals surface area contributed by atoms with Crippen molar-refractivity contribution < 1.29 is 0 Å². The second kappa shape index (κ2) is 6.95. The lowest BCUT2D eigenvalue weighted by Crippen LogP contribution is -2.36. The van der Waals surface area contributed by atoms with Crippen molar-refractivity contribution in [2.75, 3.05) is 11.1 Å². The average Bonchev–Trinajstić information content (AvgIpc) is 2.58. The van der Waals surface area contributed by atoms with Gasteiger partial charge in [-0.05, 0) is 37.2 Å². The van der Waals surface area contributed by atoms with Crippen molar-refractivity contribution in [2.24, 2.45) is 5.92 Å². The molecule has 128 valence electrons. The Labute approximate surface area is 140 Å². The van der Waals surface area contributed by atoms with Crippen LogP contribution in [-0.2, 0) is 6.54 Å². The van der Waals surface area contributed by atoms with Gasteiger partial charge in [0.2, 0.25) is 0 Å². The molecule has 6 heteroatoms. The van der Waals surface area contributed by atoms with Crippen LogP contribution in [0.1, 0.15) is 38.2 Å². The van der Waals surface area contributed by atoms with E-state index in [4.69, 9.17) is 5.73 Å². The van der Waals surface area contributed by atoms with Gasteiger partial charge in [0, 0.05) is 6.04 Å². The largest absolute Gasteiger partial charge is 0.383 e. The average molecular weight is 328 g/mol. The summed E-state index contributed by atoms with van der Waals surface area (Å²) in [7, 11) is 0. The Morgan fingerprint density at radius 1 is 1.17 bits per heavy atom. The van der Waals surface area contributed by atoms with Gasteiger partial charge in [0.05, 0.1) is 6.54 Å². The fourth-order valence-electron chi connectivity index (χ4n) is 3.26. The molecule has 0 bridgehead atoms. The molecule has 3 rings (SSSR count). The van der Waals surface area contributed by atoms with Crippen molar-refractivity contribution in [3.8, 4) is 0 Å². The zero-order chi connectivity index (χ0) is 17.1. The van der Waals surface area contributed by atoms with Gasteiger partial charge in [0.25, 0.3) is 5.56 Å². The van der Waals surface area contributed by atoms with Crippen molar-refractivity contribution in [1.82, 2.24) is 9.55 Å². The minimum absolute atomic E-state index is 0.200. The van der Waals surface area contributed by atoms with E-state index in [1.807, 2.05) is 30.3 Å². The highest BCUT2D eigenvalue weighted by Gasteiger charge is 2.21. The number of anilines is 2. The molecule has 1 fully saturated rings. The predicted molar refractivity (Wildman–Crippen MR) is 96.3 cm³/mol. The van der Waals surface area contributed by atoms with E-state index < -0.39 is 11.2 Å². The molecule has 2 aromatic rings. The molecule has 1 aromatic heterocycles. The van der Waals surface area contributed by atoms with Crippen LogP contribution in [0.5, 0.6) is 0 Å². The van der Waals surface area contributed by atoms with Gasteiger partial charge in [-0.2, -0.15) is 0 Å². The lowest BCUT2D eigenvalue weighted by atomic mass is 9.87. The minimum atomic E-state index is -0.482. The summed E-state index contributed by atoms with van der Waals surface area (Å²) in [5, 5.41) is 3.26. The Balaban J connectivity index is 1.88. The third-order valence-corrected chi connectivity index (χ3v) is 4.79. The summed E-state index contributed by atoms with van der Waals surface area (Å²) in [5.41, 5.74) is 6.50. The van der Waals surface area contributed by atoms with Gasteiger partial charge in [0.1, 0.15) is 11.5 Å². The van der Waals surface area contributed by atoms with Gasteiger partial charge in [-0.25, -0.2) is 4.79 Å². The number of aromatic nitrogens is 2. The van der Waals surface area contributed by atoms with E-state index in [0.717, 1.165) is 37.2 Å². The highest BCUT2D eigenvalue weighted by atomic mass is 16.2. The monoisotopic (exact) mass is 328 g/mol. The van der Waals surface area contributed by atoms with Crippen LogP contribution < -0.4 is 22.3 Å². The van der Waals surface area contributed by atoms with Gasteiger partial charge in [-0.15, -0.1) is 0 Å². The number of benzene rings is 1. The maximum Gasteiger partial charge on any atom is 0.330 e. The first kappa shape index (κ1) is 16.4. The summed E-state index contributed by atoms with van der Waals surface area (Å²) in [6.45, 7) is 2.58. The summed E-state index contributed by atoms with van der Waals surface area (Å²) in [5.74, 6) is 0.928. The highest BCUT2D eigenvalue weighted by Crippen LogP contribution is 2.26. The van der Waals surface area contributed by atoms with Gasteiger partial charge in [0.15, 0.2) is 0 Å². The normalized spacial score (nSPS) is 20.7. The predicted octanol–water partition coefficient (Wildman–Crippen LogP) is 2.16. The van der Waals surface area contributed by atoms with Crippen LogP contribution in [0.4, 0.5) is 11.5 Å². The second-order valence-corrected chi connectivity index (χ2v) is 6.69. The third kappa shape index (κ3) is 3.53. The van der Waals surface area contributed by atoms with E-state index >= 15 is 0 Å². The Morgan fingerprint density at radius 2 is 1.83 bits per heavy atom. The third-order valence-electron chi connectivity index (χ3n) is 4.79. The Hall–Kier alpha value is -2.50.